The van der Waals surface area contributed by atoms with Crippen molar-refractivity contribution in [3.63, 3.8) is 0 Å². The second kappa shape index (κ2) is 6.73. The van der Waals surface area contributed by atoms with Crippen molar-refractivity contribution in [2.24, 2.45) is 5.92 Å². The van der Waals surface area contributed by atoms with Crippen LogP contribution in [-0.2, 0) is 4.79 Å². The monoisotopic (exact) mass is 315 g/mol. The Balaban J connectivity index is 1.58. The third-order valence-electron chi connectivity index (χ3n) is 4.06. The van der Waals surface area contributed by atoms with Crippen LogP contribution in [0, 0.1) is 5.92 Å². The van der Waals surface area contributed by atoms with E-state index >= 15 is 0 Å². The third-order valence-corrected chi connectivity index (χ3v) is 4.06. The predicted octanol–water partition coefficient (Wildman–Crippen LogP) is 2.88. The van der Waals surface area contributed by atoms with Gasteiger partial charge in [0.2, 0.25) is 0 Å². The summed E-state index contributed by atoms with van der Waals surface area (Å²) in [5.41, 5.74) is 0. The van der Waals surface area contributed by atoms with Gasteiger partial charge in [0.1, 0.15) is 5.82 Å². The molecule has 1 aromatic heterocycles. The van der Waals surface area contributed by atoms with Gasteiger partial charge in [0, 0.05) is 6.07 Å². The summed E-state index contributed by atoms with van der Waals surface area (Å²) < 4.78 is 12.6. The number of para-hydroxylation sites is 2. The molecule has 1 aliphatic carbocycles. The third kappa shape index (κ3) is 3.64. The average molecular weight is 315 g/mol. The number of anilines is 1. The van der Waals surface area contributed by atoms with Gasteiger partial charge in [0.05, 0.1) is 19.3 Å². The molecular formula is C17H21N3O3. The van der Waals surface area contributed by atoms with E-state index in [0.29, 0.717) is 29.3 Å². The molecule has 1 aliphatic rings. The highest BCUT2D eigenvalue weighted by Gasteiger charge is 2.30. The van der Waals surface area contributed by atoms with Crippen LogP contribution in [-0.4, -0.2) is 29.4 Å². The largest absolute Gasteiger partial charge is 0.493 e. The molecule has 1 N–H and O–H groups in total. The van der Waals surface area contributed by atoms with Crippen LogP contribution in [0.5, 0.6) is 11.5 Å². The standard InChI is InChI=1S/C17H21N3O3/c1-12(13-7-8-13)20-16(9-10-18-20)19-17(21)11-23-15-6-4-3-5-14(15)22-2/h3-6,9-10,12-13H,7-8,11H2,1-2H3,(H,19,21). The normalized spacial score (nSPS) is 15.0. The van der Waals surface area contributed by atoms with E-state index in [9.17, 15) is 4.79 Å². The van der Waals surface area contributed by atoms with E-state index in [1.54, 1.807) is 31.5 Å². The predicted molar refractivity (Wildman–Crippen MR) is 86.8 cm³/mol. The van der Waals surface area contributed by atoms with Crippen LogP contribution < -0.4 is 14.8 Å². The quantitative estimate of drug-likeness (QED) is 0.853. The van der Waals surface area contributed by atoms with Crippen LogP contribution in [0.1, 0.15) is 25.8 Å². The molecule has 6 nitrogen and oxygen atoms in total. The van der Waals surface area contributed by atoms with Crippen LogP contribution in [0.25, 0.3) is 0 Å². The van der Waals surface area contributed by atoms with Gasteiger partial charge < -0.3 is 14.8 Å². The van der Waals surface area contributed by atoms with Crippen LogP contribution in [0.2, 0.25) is 0 Å². The number of hydrogen-bond acceptors (Lipinski definition) is 4. The van der Waals surface area contributed by atoms with Gasteiger partial charge in [-0.15, -0.1) is 0 Å². The lowest BCUT2D eigenvalue weighted by Gasteiger charge is -2.15. The Morgan fingerprint density at radius 1 is 1.35 bits per heavy atom. The number of nitrogens with one attached hydrogen (secondary N) is 1. The van der Waals surface area contributed by atoms with Gasteiger partial charge in [0.15, 0.2) is 18.1 Å². The SMILES string of the molecule is COc1ccccc1OCC(=O)Nc1ccnn1C(C)C1CC1. The lowest BCUT2D eigenvalue weighted by atomic mass is 10.2. The number of nitrogens with zero attached hydrogens (tertiary/aromatic N) is 2. The molecule has 0 saturated heterocycles. The molecule has 0 spiro atoms. The van der Waals surface area contributed by atoms with Crippen molar-refractivity contribution in [2.45, 2.75) is 25.8 Å². The highest BCUT2D eigenvalue weighted by atomic mass is 16.5. The summed E-state index contributed by atoms with van der Waals surface area (Å²) in [6.07, 6.45) is 4.16. The first-order valence-electron chi connectivity index (χ1n) is 7.78. The van der Waals surface area contributed by atoms with Crippen LogP contribution in [0.3, 0.4) is 0 Å². The van der Waals surface area contributed by atoms with E-state index in [0.717, 1.165) is 0 Å². The molecule has 0 radical (unpaired) electrons. The maximum atomic E-state index is 12.1. The number of aromatic nitrogens is 2. The lowest BCUT2D eigenvalue weighted by Crippen LogP contribution is -2.23. The fraction of sp³-hybridized carbons (Fsp3) is 0.412. The van der Waals surface area contributed by atoms with Crippen molar-refractivity contribution < 1.29 is 14.3 Å². The van der Waals surface area contributed by atoms with Crippen molar-refractivity contribution in [2.75, 3.05) is 19.0 Å². The van der Waals surface area contributed by atoms with Gasteiger partial charge >= 0.3 is 0 Å². The van der Waals surface area contributed by atoms with Crippen molar-refractivity contribution in [3.8, 4) is 11.5 Å². The second-order valence-electron chi connectivity index (χ2n) is 5.73. The molecule has 1 amide bonds. The highest BCUT2D eigenvalue weighted by Crippen LogP contribution is 2.40. The first kappa shape index (κ1) is 15.4. The lowest BCUT2D eigenvalue weighted by molar-refractivity contribution is -0.118. The number of rotatable bonds is 7. The van der Waals surface area contributed by atoms with E-state index in [-0.39, 0.29) is 12.5 Å². The molecule has 1 atom stereocenters. The van der Waals surface area contributed by atoms with E-state index in [1.165, 1.54) is 12.8 Å². The van der Waals surface area contributed by atoms with Crippen molar-refractivity contribution in [3.05, 3.63) is 36.5 Å². The first-order chi connectivity index (χ1) is 11.2. The Morgan fingerprint density at radius 3 is 2.78 bits per heavy atom. The minimum absolute atomic E-state index is 0.0800. The maximum absolute atomic E-state index is 12.1. The Hall–Kier alpha value is -2.50. The van der Waals surface area contributed by atoms with E-state index in [4.69, 9.17) is 9.47 Å². The molecule has 3 rings (SSSR count). The Bertz CT molecular complexity index is 679. The number of benzene rings is 1. The Morgan fingerprint density at radius 2 is 2.09 bits per heavy atom. The Kier molecular flexibility index (Phi) is 4.50. The van der Waals surface area contributed by atoms with Gasteiger partial charge in [-0.05, 0) is 37.8 Å². The van der Waals surface area contributed by atoms with Crippen LogP contribution in [0.4, 0.5) is 5.82 Å². The Labute approximate surface area is 135 Å². The molecule has 1 unspecified atom stereocenters. The summed E-state index contributed by atoms with van der Waals surface area (Å²) in [5.74, 6) is 2.30. The van der Waals surface area contributed by atoms with E-state index in [1.807, 2.05) is 16.8 Å². The molecule has 23 heavy (non-hydrogen) atoms. The number of hydrogen-bond donors (Lipinski definition) is 1. The molecule has 1 heterocycles. The zero-order valence-corrected chi connectivity index (χ0v) is 13.4. The van der Waals surface area contributed by atoms with Crippen LogP contribution >= 0.6 is 0 Å². The fourth-order valence-corrected chi connectivity index (χ4v) is 2.58. The fourth-order valence-electron chi connectivity index (χ4n) is 2.58. The number of ether oxygens (including phenoxy) is 2. The van der Waals surface area contributed by atoms with Crippen molar-refractivity contribution in [1.29, 1.82) is 0 Å². The van der Waals surface area contributed by atoms with Gasteiger partial charge in [-0.3, -0.25) is 4.79 Å². The van der Waals surface area contributed by atoms with Crippen molar-refractivity contribution in [1.82, 2.24) is 9.78 Å². The summed E-state index contributed by atoms with van der Waals surface area (Å²) in [6.45, 7) is 2.05. The van der Waals surface area contributed by atoms with Crippen molar-refractivity contribution >= 4 is 11.7 Å². The summed E-state index contributed by atoms with van der Waals surface area (Å²) >= 11 is 0. The number of methoxy groups -OCH3 is 1. The maximum Gasteiger partial charge on any atom is 0.263 e. The zero-order valence-electron chi connectivity index (χ0n) is 13.4. The van der Waals surface area contributed by atoms with E-state index in [2.05, 4.69) is 17.3 Å². The molecule has 1 saturated carbocycles. The summed E-state index contributed by atoms with van der Waals surface area (Å²) in [6, 6.07) is 9.35. The molecule has 6 heteroatoms. The summed E-state index contributed by atoms with van der Waals surface area (Å²) in [5, 5.41) is 7.17. The average Bonchev–Trinajstić information content (AvgIpc) is 3.32. The number of carbonyl (C=O) groups is 1. The highest BCUT2D eigenvalue weighted by molar-refractivity contribution is 5.91. The summed E-state index contributed by atoms with van der Waals surface area (Å²) in [7, 11) is 1.57. The molecule has 2 aromatic rings. The van der Waals surface area contributed by atoms with E-state index < -0.39 is 0 Å². The molecule has 1 fully saturated rings. The smallest absolute Gasteiger partial charge is 0.263 e. The molecule has 122 valence electrons. The van der Waals surface area contributed by atoms with Gasteiger partial charge in [-0.25, -0.2) is 4.68 Å². The van der Waals surface area contributed by atoms with Crippen LogP contribution in [0.15, 0.2) is 36.5 Å². The second-order valence-corrected chi connectivity index (χ2v) is 5.73. The molecular weight excluding hydrogens is 294 g/mol. The van der Waals surface area contributed by atoms with Gasteiger partial charge in [-0.2, -0.15) is 5.10 Å². The minimum Gasteiger partial charge on any atom is -0.493 e. The summed E-state index contributed by atoms with van der Waals surface area (Å²) in [4.78, 5) is 12.1. The zero-order chi connectivity index (χ0) is 16.2. The van der Waals surface area contributed by atoms with Gasteiger partial charge in [-0.1, -0.05) is 12.1 Å². The van der Waals surface area contributed by atoms with Gasteiger partial charge in [0.25, 0.3) is 5.91 Å². The molecule has 1 aromatic carbocycles. The topological polar surface area (TPSA) is 65.4 Å². The molecule has 0 bridgehead atoms. The number of carbonyl (C=O) groups excluding carboxylic acids is 1. The molecule has 0 aliphatic heterocycles. The minimum atomic E-state index is -0.222. The number of amides is 1. The first-order valence-corrected chi connectivity index (χ1v) is 7.78.